The highest BCUT2D eigenvalue weighted by Crippen LogP contribution is 2.42. The molecule has 0 aromatic carbocycles. The van der Waals surface area contributed by atoms with E-state index in [1.165, 1.54) is 6.42 Å². The quantitative estimate of drug-likeness (QED) is 0.687. The average molecular weight is 218 g/mol. The van der Waals surface area contributed by atoms with Gasteiger partial charge in [-0.25, -0.2) is 0 Å². The Morgan fingerprint density at radius 3 is 2.29 bits per heavy atom. The lowest BCUT2D eigenvalue weighted by atomic mass is 9.71. The molecule has 2 aliphatic rings. The molecule has 0 amide bonds. The molecule has 0 aliphatic heterocycles. The molecule has 2 saturated carbocycles. The van der Waals surface area contributed by atoms with E-state index in [4.69, 9.17) is 4.55 Å². The largest absolute Gasteiger partial charge is 0.285 e. The lowest BCUT2D eigenvalue weighted by Crippen LogP contribution is -2.39. The molecule has 2 rings (SSSR count). The summed E-state index contributed by atoms with van der Waals surface area (Å²) in [5, 5.41) is -0.457. The number of fused-ring (bicyclic) bond motifs is 1. The summed E-state index contributed by atoms with van der Waals surface area (Å²) in [6.45, 7) is 0. The first kappa shape index (κ1) is 10.4. The van der Waals surface area contributed by atoms with E-state index in [0.29, 0.717) is 12.3 Å². The second-order valence-electron chi connectivity index (χ2n) is 4.69. The Balaban J connectivity index is 2.17. The molecule has 14 heavy (non-hydrogen) atoms. The minimum absolute atomic E-state index is 0.243. The van der Waals surface area contributed by atoms with E-state index in [9.17, 15) is 8.42 Å². The van der Waals surface area contributed by atoms with Crippen molar-refractivity contribution >= 4 is 10.1 Å². The molecular formula is C10H18O3S. The van der Waals surface area contributed by atoms with Gasteiger partial charge in [0.25, 0.3) is 10.1 Å². The molecule has 82 valence electrons. The summed E-state index contributed by atoms with van der Waals surface area (Å²) < 4.78 is 31.5. The maximum absolute atomic E-state index is 11.2. The Morgan fingerprint density at radius 1 is 0.929 bits per heavy atom. The fraction of sp³-hybridized carbons (Fsp3) is 1.00. The van der Waals surface area contributed by atoms with Gasteiger partial charge < -0.3 is 0 Å². The second-order valence-corrected chi connectivity index (χ2v) is 6.33. The Morgan fingerprint density at radius 2 is 1.57 bits per heavy atom. The smallest absolute Gasteiger partial charge is 0.268 e. The molecule has 2 fully saturated rings. The lowest BCUT2D eigenvalue weighted by Gasteiger charge is -2.39. The second kappa shape index (κ2) is 3.81. The molecule has 0 saturated heterocycles. The van der Waals surface area contributed by atoms with Gasteiger partial charge in [0.1, 0.15) is 0 Å². The molecule has 2 aliphatic carbocycles. The van der Waals surface area contributed by atoms with E-state index in [2.05, 4.69) is 0 Å². The van der Waals surface area contributed by atoms with Crippen molar-refractivity contribution in [1.29, 1.82) is 0 Å². The molecule has 0 bridgehead atoms. The van der Waals surface area contributed by atoms with E-state index in [-0.39, 0.29) is 5.92 Å². The third-order valence-electron chi connectivity index (χ3n) is 3.89. The molecule has 3 atom stereocenters. The van der Waals surface area contributed by atoms with Crippen molar-refractivity contribution < 1.29 is 13.0 Å². The molecule has 1 N–H and O–H groups in total. The van der Waals surface area contributed by atoms with Crippen LogP contribution in [0.5, 0.6) is 0 Å². The van der Waals surface area contributed by atoms with Crippen molar-refractivity contribution in [3.8, 4) is 0 Å². The van der Waals surface area contributed by atoms with Crippen LogP contribution in [0.2, 0.25) is 0 Å². The highest BCUT2D eigenvalue weighted by molar-refractivity contribution is 7.86. The molecule has 0 radical (unpaired) electrons. The Labute approximate surface area is 85.6 Å². The van der Waals surface area contributed by atoms with Gasteiger partial charge in [-0.3, -0.25) is 4.55 Å². The topological polar surface area (TPSA) is 54.4 Å². The summed E-state index contributed by atoms with van der Waals surface area (Å²) in [5.74, 6) is 0.803. The van der Waals surface area contributed by atoms with Gasteiger partial charge in [-0.15, -0.1) is 0 Å². The van der Waals surface area contributed by atoms with Crippen LogP contribution in [-0.2, 0) is 10.1 Å². The average Bonchev–Trinajstić information content (AvgIpc) is 2.15. The SMILES string of the molecule is O=S(=O)(O)[C@H]1CCCC2CCCCC21. The summed E-state index contributed by atoms with van der Waals surface area (Å²) in [6, 6.07) is 0. The minimum atomic E-state index is -3.80. The predicted octanol–water partition coefficient (Wildman–Crippen LogP) is 2.23. The zero-order valence-electron chi connectivity index (χ0n) is 8.35. The molecule has 0 aromatic rings. The van der Waals surface area contributed by atoms with Crippen LogP contribution in [-0.4, -0.2) is 18.2 Å². The van der Waals surface area contributed by atoms with Gasteiger partial charge in [0.15, 0.2) is 0 Å². The van der Waals surface area contributed by atoms with Crippen molar-refractivity contribution in [3.05, 3.63) is 0 Å². The van der Waals surface area contributed by atoms with E-state index in [1.54, 1.807) is 0 Å². The highest BCUT2D eigenvalue weighted by atomic mass is 32.2. The summed E-state index contributed by atoms with van der Waals surface area (Å²) >= 11 is 0. The van der Waals surface area contributed by atoms with Gasteiger partial charge in [0.2, 0.25) is 0 Å². The van der Waals surface area contributed by atoms with Crippen molar-refractivity contribution in [3.63, 3.8) is 0 Å². The van der Waals surface area contributed by atoms with Crippen LogP contribution in [0.25, 0.3) is 0 Å². The van der Waals surface area contributed by atoms with E-state index in [1.807, 2.05) is 0 Å². The van der Waals surface area contributed by atoms with Crippen molar-refractivity contribution in [2.24, 2.45) is 11.8 Å². The lowest BCUT2D eigenvalue weighted by molar-refractivity contribution is 0.169. The first-order chi connectivity index (χ1) is 6.59. The summed E-state index contributed by atoms with van der Waals surface area (Å²) in [4.78, 5) is 0. The molecule has 0 spiro atoms. The van der Waals surface area contributed by atoms with Crippen molar-refractivity contribution in [2.75, 3.05) is 0 Å². The number of rotatable bonds is 1. The first-order valence-corrected chi connectivity index (χ1v) is 7.05. The fourth-order valence-electron chi connectivity index (χ4n) is 3.25. The number of hydrogen-bond donors (Lipinski definition) is 1. The zero-order chi connectivity index (χ0) is 10.2. The minimum Gasteiger partial charge on any atom is -0.285 e. The van der Waals surface area contributed by atoms with Crippen LogP contribution in [0, 0.1) is 11.8 Å². The Kier molecular flexibility index (Phi) is 2.84. The van der Waals surface area contributed by atoms with Crippen LogP contribution >= 0.6 is 0 Å². The van der Waals surface area contributed by atoms with Gasteiger partial charge in [-0.2, -0.15) is 8.42 Å². The maximum atomic E-state index is 11.2. The predicted molar refractivity (Wildman–Crippen MR) is 54.6 cm³/mol. The van der Waals surface area contributed by atoms with Gasteiger partial charge in [0, 0.05) is 0 Å². The van der Waals surface area contributed by atoms with E-state index in [0.717, 1.165) is 32.1 Å². The monoisotopic (exact) mass is 218 g/mol. The summed E-state index contributed by atoms with van der Waals surface area (Å²) in [5.41, 5.74) is 0. The van der Waals surface area contributed by atoms with Crippen molar-refractivity contribution in [1.82, 2.24) is 0 Å². The van der Waals surface area contributed by atoms with Crippen LogP contribution in [0.1, 0.15) is 44.9 Å². The molecule has 0 heterocycles. The Bertz CT molecular complexity index is 294. The van der Waals surface area contributed by atoms with E-state index < -0.39 is 15.4 Å². The van der Waals surface area contributed by atoms with Crippen LogP contribution < -0.4 is 0 Å². The van der Waals surface area contributed by atoms with Gasteiger partial charge in [-0.05, 0) is 24.7 Å². The normalized spacial score (nSPS) is 39.1. The molecule has 3 nitrogen and oxygen atoms in total. The zero-order valence-corrected chi connectivity index (χ0v) is 9.17. The Hall–Kier alpha value is -0.0900. The summed E-state index contributed by atoms with van der Waals surface area (Å²) in [6.07, 6.45) is 7.32. The van der Waals surface area contributed by atoms with Crippen LogP contribution in [0.15, 0.2) is 0 Å². The van der Waals surface area contributed by atoms with Crippen LogP contribution in [0.4, 0.5) is 0 Å². The van der Waals surface area contributed by atoms with Gasteiger partial charge in [-0.1, -0.05) is 32.1 Å². The summed E-state index contributed by atoms with van der Waals surface area (Å²) in [7, 11) is -3.80. The first-order valence-electron chi connectivity index (χ1n) is 5.55. The molecular weight excluding hydrogens is 200 g/mol. The highest BCUT2D eigenvalue weighted by Gasteiger charge is 2.40. The third-order valence-corrected chi connectivity index (χ3v) is 5.24. The molecule has 2 unspecified atom stereocenters. The van der Waals surface area contributed by atoms with Crippen LogP contribution in [0.3, 0.4) is 0 Å². The van der Waals surface area contributed by atoms with E-state index >= 15 is 0 Å². The third kappa shape index (κ3) is 1.96. The fourth-order valence-corrected chi connectivity index (χ4v) is 4.51. The van der Waals surface area contributed by atoms with Gasteiger partial charge >= 0.3 is 0 Å². The maximum Gasteiger partial charge on any atom is 0.268 e. The molecule has 0 aromatic heterocycles. The molecule has 4 heteroatoms. The number of hydrogen-bond acceptors (Lipinski definition) is 2. The van der Waals surface area contributed by atoms with Crippen molar-refractivity contribution in [2.45, 2.75) is 50.2 Å². The van der Waals surface area contributed by atoms with Gasteiger partial charge in [0.05, 0.1) is 5.25 Å². The standard InChI is InChI=1S/C10H18O3S/c11-14(12,13)10-7-3-5-8-4-1-2-6-9(8)10/h8-10H,1-7H2,(H,11,12,13)/t8?,9?,10-/m0/s1.